The van der Waals surface area contributed by atoms with Crippen LogP contribution < -0.4 is 0 Å². The van der Waals surface area contributed by atoms with Gasteiger partial charge in [0.25, 0.3) is 0 Å². The number of allylic oxidation sites excluding steroid dienone is 5. The van der Waals surface area contributed by atoms with Crippen LogP contribution in [0.25, 0.3) is 0 Å². The minimum atomic E-state index is 1.19. The largest absolute Gasteiger partial charge is 0.103 e. The average Bonchev–Trinajstić information content (AvgIpc) is 2.26. The second kappa shape index (κ2) is 13.2. The van der Waals surface area contributed by atoms with E-state index in [4.69, 9.17) is 0 Å². The van der Waals surface area contributed by atoms with Gasteiger partial charge in [-0.05, 0) is 32.6 Å². The lowest BCUT2D eigenvalue weighted by Gasteiger charge is -1.98. The van der Waals surface area contributed by atoms with Gasteiger partial charge in [0.15, 0.2) is 0 Å². The van der Waals surface area contributed by atoms with E-state index in [0.29, 0.717) is 0 Å². The van der Waals surface area contributed by atoms with E-state index in [0.717, 1.165) is 0 Å². The zero-order valence-corrected chi connectivity index (χ0v) is 10.3. The maximum atomic E-state index is 3.73. The molecular weight excluding hydrogens is 180 g/mol. The van der Waals surface area contributed by atoms with Crippen LogP contribution in [0.5, 0.6) is 0 Å². The van der Waals surface area contributed by atoms with Gasteiger partial charge in [0.2, 0.25) is 0 Å². The van der Waals surface area contributed by atoms with Crippen LogP contribution in [0, 0.1) is 0 Å². The van der Waals surface area contributed by atoms with Crippen LogP contribution in [0.1, 0.15) is 58.3 Å². The zero-order chi connectivity index (χ0) is 11.2. The Balaban J connectivity index is 3.01. The van der Waals surface area contributed by atoms with E-state index in [1.54, 1.807) is 0 Å². The normalized spacial score (nSPS) is 11.5. The molecule has 15 heavy (non-hydrogen) atoms. The van der Waals surface area contributed by atoms with Gasteiger partial charge >= 0.3 is 0 Å². The molecule has 0 saturated heterocycles. The molecule has 0 fully saturated rings. The molecule has 0 amide bonds. The number of hydrogen-bond donors (Lipinski definition) is 0. The van der Waals surface area contributed by atoms with E-state index < -0.39 is 0 Å². The fraction of sp³-hybridized carbons (Fsp3) is 0.600. The van der Waals surface area contributed by atoms with Crippen molar-refractivity contribution in [2.75, 3.05) is 0 Å². The standard InChI is InChI=1S/C15H26/c1-3-5-7-9-11-13-15-14-12-10-8-6-4-2/h3-4,6,8,10H,1,5,7,9,11-15H2,2H3/b6-4+,10-8+. The van der Waals surface area contributed by atoms with Gasteiger partial charge in [0, 0.05) is 0 Å². The van der Waals surface area contributed by atoms with Crippen molar-refractivity contribution >= 4 is 0 Å². The fourth-order valence-corrected chi connectivity index (χ4v) is 1.54. The molecule has 0 nitrogen and oxygen atoms in total. The molecule has 0 N–H and O–H groups in total. The first kappa shape index (κ1) is 14.2. The monoisotopic (exact) mass is 206 g/mol. The Bertz CT molecular complexity index is 174. The maximum Gasteiger partial charge on any atom is -0.0348 e. The van der Waals surface area contributed by atoms with E-state index in [9.17, 15) is 0 Å². The third kappa shape index (κ3) is 13.2. The second-order valence-corrected chi connectivity index (χ2v) is 3.94. The zero-order valence-electron chi connectivity index (χ0n) is 10.3. The van der Waals surface area contributed by atoms with Crippen molar-refractivity contribution in [1.29, 1.82) is 0 Å². The Morgan fingerprint density at radius 2 is 1.40 bits per heavy atom. The molecule has 0 aromatic rings. The Labute approximate surface area is 95.8 Å². The number of rotatable bonds is 10. The van der Waals surface area contributed by atoms with E-state index in [2.05, 4.69) is 30.9 Å². The van der Waals surface area contributed by atoms with Crippen molar-refractivity contribution < 1.29 is 0 Å². The first-order valence-corrected chi connectivity index (χ1v) is 6.30. The van der Waals surface area contributed by atoms with Crippen LogP contribution in [0.4, 0.5) is 0 Å². The third-order valence-corrected chi connectivity index (χ3v) is 2.47. The van der Waals surface area contributed by atoms with Crippen LogP contribution in [-0.2, 0) is 0 Å². The molecule has 0 bridgehead atoms. The smallest absolute Gasteiger partial charge is 0.0348 e. The summed E-state index contributed by atoms with van der Waals surface area (Å²) in [6.45, 7) is 5.78. The van der Waals surface area contributed by atoms with Crippen LogP contribution in [0.3, 0.4) is 0 Å². The van der Waals surface area contributed by atoms with Crippen LogP contribution in [0.15, 0.2) is 37.0 Å². The van der Waals surface area contributed by atoms with E-state index in [1.165, 1.54) is 51.4 Å². The van der Waals surface area contributed by atoms with Crippen molar-refractivity contribution in [3.05, 3.63) is 37.0 Å². The molecule has 0 heterocycles. The lowest BCUT2D eigenvalue weighted by Crippen LogP contribution is -1.79. The summed E-state index contributed by atoms with van der Waals surface area (Å²) < 4.78 is 0. The van der Waals surface area contributed by atoms with Gasteiger partial charge in [0.1, 0.15) is 0 Å². The second-order valence-electron chi connectivity index (χ2n) is 3.94. The molecule has 86 valence electrons. The molecule has 0 spiro atoms. The quantitative estimate of drug-likeness (QED) is 0.254. The maximum absolute atomic E-state index is 3.73. The summed E-state index contributed by atoms with van der Waals surface area (Å²) in [5.41, 5.74) is 0. The highest BCUT2D eigenvalue weighted by Gasteiger charge is 1.89. The summed E-state index contributed by atoms with van der Waals surface area (Å²) in [6.07, 6.45) is 21.2. The first-order chi connectivity index (χ1) is 7.41. The average molecular weight is 206 g/mol. The Kier molecular flexibility index (Phi) is 12.5. The highest BCUT2D eigenvalue weighted by molar-refractivity contribution is 5.00. The summed E-state index contributed by atoms with van der Waals surface area (Å²) in [6, 6.07) is 0. The minimum absolute atomic E-state index is 1.19. The van der Waals surface area contributed by atoms with Crippen LogP contribution >= 0.6 is 0 Å². The number of hydrogen-bond acceptors (Lipinski definition) is 0. The fourth-order valence-electron chi connectivity index (χ4n) is 1.54. The topological polar surface area (TPSA) is 0 Å². The molecule has 0 aliphatic carbocycles. The summed E-state index contributed by atoms with van der Waals surface area (Å²) >= 11 is 0. The van der Waals surface area contributed by atoms with Crippen molar-refractivity contribution in [2.24, 2.45) is 0 Å². The summed E-state index contributed by atoms with van der Waals surface area (Å²) in [5.74, 6) is 0. The van der Waals surface area contributed by atoms with Gasteiger partial charge < -0.3 is 0 Å². The lowest BCUT2D eigenvalue weighted by atomic mass is 10.1. The summed E-state index contributed by atoms with van der Waals surface area (Å²) in [5, 5.41) is 0. The van der Waals surface area contributed by atoms with Gasteiger partial charge in [-0.25, -0.2) is 0 Å². The summed E-state index contributed by atoms with van der Waals surface area (Å²) in [4.78, 5) is 0. The Hall–Kier alpha value is -0.780. The highest BCUT2D eigenvalue weighted by Crippen LogP contribution is 2.08. The third-order valence-electron chi connectivity index (χ3n) is 2.47. The molecule has 0 aromatic carbocycles. The molecule has 0 aromatic heterocycles. The highest BCUT2D eigenvalue weighted by atomic mass is 13.9. The van der Waals surface area contributed by atoms with Gasteiger partial charge in [-0.1, -0.05) is 56.1 Å². The summed E-state index contributed by atoms with van der Waals surface area (Å²) in [7, 11) is 0. The van der Waals surface area contributed by atoms with E-state index in [-0.39, 0.29) is 0 Å². The predicted octanol–water partition coefficient (Wildman–Crippen LogP) is 5.43. The predicted molar refractivity (Wildman–Crippen MR) is 71.1 cm³/mol. The van der Waals surface area contributed by atoms with Gasteiger partial charge in [-0.2, -0.15) is 0 Å². The van der Waals surface area contributed by atoms with E-state index in [1.807, 2.05) is 13.0 Å². The number of unbranched alkanes of at least 4 members (excludes halogenated alkanes) is 7. The van der Waals surface area contributed by atoms with Crippen molar-refractivity contribution in [3.63, 3.8) is 0 Å². The SMILES string of the molecule is C=CCCCCCCCC/C=C/C=C/C. The van der Waals surface area contributed by atoms with Crippen LogP contribution in [0.2, 0.25) is 0 Å². The van der Waals surface area contributed by atoms with E-state index >= 15 is 0 Å². The van der Waals surface area contributed by atoms with Gasteiger partial charge in [-0.3, -0.25) is 0 Å². The van der Waals surface area contributed by atoms with Crippen molar-refractivity contribution in [1.82, 2.24) is 0 Å². The molecule has 0 unspecified atom stereocenters. The van der Waals surface area contributed by atoms with Gasteiger partial charge in [-0.15, -0.1) is 6.58 Å². The minimum Gasteiger partial charge on any atom is -0.103 e. The molecule has 0 aliphatic heterocycles. The molecule has 0 radical (unpaired) electrons. The van der Waals surface area contributed by atoms with Crippen molar-refractivity contribution in [3.8, 4) is 0 Å². The van der Waals surface area contributed by atoms with Crippen molar-refractivity contribution in [2.45, 2.75) is 58.3 Å². The van der Waals surface area contributed by atoms with Gasteiger partial charge in [0.05, 0.1) is 0 Å². The molecule has 0 saturated carbocycles. The molecule has 0 rings (SSSR count). The lowest BCUT2D eigenvalue weighted by molar-refractivity contribution is 0.600. The molecule has 0 aliphatic rings. The van der Waals surface area contributed by atoms with Crippen LogP contribution in [-0.4, -0.2) is 0 Å². The Morgan fingerprint density at radius 1 is 0.800 bits per heavy atom. The molecular formula is C15H26. The molecule has 0 atom stereocenters. The molecule has 0 heteroatoms. The Morgan fingerprint density at radius 3 is 2.00 bits per heavy atom. The first-order valence-electron chi connectivity index (χ1n) is 6.30.